The molecular formula is C22H20N2O2S. The van der Waals surface area contributed by atoms with Gasteiger partial charge < -0.3 is 15.7 Å². The molecule has 0 unspecified atom stereocenters. The van der Waals surface area contributed by atoms with Gasteiger partial charge in [-0.3, -0.25) is 4.79 Å². The highest BCUT2D eigenvalue weighted by Crippen LogP contribution is 2.35. The smallest absolute Gasteiger partial charge is 0.260 e. The number of aryl methyl sites for hydroxylation is 1. The zero-order valence-corrected chi connectivity index (χ0v) is 15.7. The van der Waals surface area contributed by atoms with E-state index in [9.17, 15) is 9.90 Å². The molecule has 0 spiro atoms. The minimum Gasteiger partial charge on any atom is -0.507 e. The van der Waals surface area contributed by atoms with Crippen LogP contribution < -0.4 is 10.6 Å². The third-order valence-electron chi connectivity index (χ3n) is 4.61. The highest BCUT2D eigenvalue weighted by Gasteiger charge is 2.27. The maximum absolute atomic E-state index is 12.4. The molecule has 1 saturated heterocycles. The first-order valence-electron chi connectivity index (χ1n) is 8.89. The van der Waals surface area contributed by atoms with Crippen LogP contribution in [0.3, 0.4) is 0 Å². The molecule has 0 saturated carbocycles. The molecule has 3 aromatic carbocycles. The molecule has 0 radical (unpaired) electrons. The molecule has 3 N–H and O–H groups in total. The van der Waals surface area contributed by atoms with Gasteiger partial charge >= 0.3 is 0 Å². The van der Waals surface area contributed by atoms with Crippen molar-refractivity contribution in [2.75, 3.05) is 5.32 Å². The maximum Gasteiger partial charge on any atom is 0.260 e. The van der Waals surface area contributed by atoms with Crippen LogP contribution in [0, 0.1) is 0 Å². The molecule has 1 aliphatic heterocycles. The molecule has 1 fully saturated rings. The van der Waals surface area contributed by atoms with Crippen molar-refractivity contribution in [3.63, 3.8) is 0 Å². The number of hydrogen-bond acceptors (Lipinski definition) is 4. The summed E-state index contributed by atoms with van der Waals surface area (Å²) in [5, 5.41) is 18.5. The van der Waals surface area contributed by atoms with Crippen molar-refractivity contribution in [3.05, 3.63) is 76.7 Å². The molecule has 27 heavy (non-hydrogen) atoms. The van der Waals surface area contributed by atoms with Crippen molar-refractivity contribution in [1.29, 1.82) is 0 Å². The third-order valence-corrected chi connectivity index (χ3v) is 5.64. The van der Waals surface area contributed by atoms with Gasteiger partial charge in [0.2, 0.25) is 0 Å². The normalized spacial score (nSPS) is 18.0. The lowest BCUT2D eigenvalue weighted by Gasteiger charge is -2.13. The number of fused-ring (bicyclic) bond motifs is 1. The first kappa shape index (κ1) is 17.5. The van der Waals surface area contributed by atoms with Crippen LogP contribution in [0.4, 0.5) is 5.69 Å². The number of benzene rings is 3. The van der Waals surface area contributed by atoms with Crippen LogP contribution in [0.1, 0.15) is 18.1 Å². The second-order valence-electron chi connectivity index (χ2n) is 6.39. The molecule has 4 nitrogen and oxygen atoms in total. The number of hydrogen-bond donors (Lipinski definition) is 3. The topological polar surface area (TPSA) is 61.4 Å². The van der Waals surface area contributed by atoms with E-state index in [4.69, 9.17) is 0 Å². The van der Waals surface area contributed by atoms with E-state index in [-0.39, 0.29) is 17.2 Å². The van der Waals surface area contributed by atoms with Gasteiger partial charge in [-0.2, -0.15) is 0 Å². The number of phenolic OH excluding ortho intramolecular Hbond substituents is 1. The van der Waals surface area contributed by atoms with Crippen LogP contribution >= 0.6 is 11.8 Å². The predicted molar refractivity (Wildman–Crippen MR) is 113 cm³/mol. The second-order valence-corrected chi connectivity index (χ2v) is 7.54. The third kappa shape index (κ3) is 3.64. The Morgan fingerprint density at radius 1 is 1.11 bits per heavy atom. The molecule has 136 valence electrons. The van der Waals surface area contributed by atoms with Crippen molar-refractivity contribution in [2.45, 2.75) is 18.8 Å². The van der Waals surface area contributed by atoms with Gasteiger partial charge in [0.1, 0.15) is 5.75 Å². The zero-order chi connectivity index (χ0) is 18.8. The molecule has 0 aliphatic carbocycles. The number of aromatic hydroxyl groups is 1. The minimum atomic E-state index is -0.242. The SMILES string of the molecule is CCc1ccc(N[C@H]2NC(=O)/C(=C\c3c(O)ccc4ccccc34)S2)cc1. The summed E-state index contributed by atoms with van der Waals surface area (Å²) in [7, 11) is 0. The Balaban J connectivity index is 1.58. The quantitative estimate of drug-likeness (QED) is 0.577. The molecule has 1 aliphatic rings. The van der Waals surface area contributed by atoms with Gasteiger partial charge in [-0.1, -0.05) is 61.2 Å². The van der Waals surface area contributed by atoms with E-state index in [2.05, 4.69) is 29.7 Å². The summed E-state index contributed by atoms with van der Waals surface area (Å²) >= 11 is 1.41. The highest BCUT2D eigenvalue weighted by atomic mass is 32.2. The van der Waals surface area contributed by atoms with Crippen molar-refractivity contribution in [1.82, 2.24) is 5.32 Å². The Hall–Kier alpha value is -2.92. The molecule has 0 bridgehead atoms. The summed E-state index contributed by atoms with van der Waals surface area (Å²) in [6.07, 6.45) is 2.76. The lowest BCUT2D eigenvalue weighted by Crippen LogP contribution is -2.30. The number of carbonyl (C=O) groups excluding carboxylic acids is 1. The second kappa shape index (κ2) is 7.37. The van der Waals surface area contributed by atoms with Gasteiger partial charge in [0, 0.05) is 11.3 Å². The summed E-state index contributed by atoms with van der Waals surface area (Å²) in [5.41, 5.74) is 2.65. The molecule has 0 aromatic heterocycles. The van der Waals surface area contributed by atoms with E-state index in [1.54, 1.807) is 12.1 Å². The van der Waals surface area contributed by atoms with Crippen LogP contribution in [0.5, 0.6) is 5.75 Å². The molecule has 1 atom stereocenters. The van der Waals surface area contributed by atoms with Crippen LogP contribution in [0.15, 0.2) is 65.6 Å². The van der Waals surface area contributed by atoms with Crippen LogP contribution in [-0.2, 0) is 11.2 Å². The van der Waals surface area contributed by atoms with E-state index >= 15 is 0 Å². The zero-order valence-electron chi connectivity index (χ0n) is 14.9. The fourth-order valence-corrected chi connectivity index (χ4v) is 4.09. The summed E-state index contributed by atoms with van der Waals surface area (Å²) < 4.78 is 0. The number of rotatable bonds is 4. The van der Waals surface area contributed by atoms with Gasteiger partial charge in [0.05, 0.1) is 4.91 Å². The van der Waals surface area contributed by atoms with E-state index in [0.29, 0.717) is 10.5 Å². The first-order chi connectivity index (χ1) is 13.1. The van der Waals surface area contributed by atoms with Gasteiger partial charge in [-0.15, -0.1) is 0 Å². The molecule has 5 heteroatoms. The molecule has 1 amide bonds. The molecule has 3 aromatic rings. The Bertz CT molecular complexity index is 1030. The van der Waals surface area contributed by atoms with E-state index in [0.717, 1.165) is 22.9 Å². The predicted octanol–water partition coefficient (Wildman–Crippen LogP) is 4.71. The summed E-state index contributed by atoms with van der Waals surface area (Å²) in [4.78, 5) is 13.0. The lowest BCUT2D eigenvalue weighted by molar-refractivity contribution is -0.116. The average Bonchev–Trinajstić information content (AvgIpc) is 3.03. The van der Waals surface area contributed by atoms with Crippen molar-refractivity contribution >= 4 is 40.2 Å². The fraction of sp³-hybridized carbons (Fsp3) is 0.136. The van der Waals surface area contributed by atoms with Crippen LogP contribution in [-0.4, -0.2) is 16.5 Å². The summed E-state index contributed by atoms with van der Waals surface area (Å²) in [6.45, 7) is 2.12. The molecule has 4 rings (SSSR count). The lowest BCUT2D eigenvalue weighted by atomic mass is 10.0. The molecular weight excluding hydrogens is 356 g/mol. The van der Waals surface area contributed by atoms with Crippen molar-refractivity contribution in [3.8, 4) is 5.75 Å². The largest absolute Gasteiger partial charge is 0.507 e. The summed E-state index contributed by atoms with van der Waals surface area (Å²) in [6, 6.07) is 19.5. The average molecular weight is 376 g/mol. The Morgan fingerprint density at radius 3 is 2.67 bits per heavy atom. The minimum absolute atomic E-state index is 0.144. The number of phenols is 1. The Kier molecular flexibility index (Phi) is 4.77. The number of thioether (sulfide) groups is 1. The Morgan fingerprint density at radius 2 is 1.89 bits per heavy atom. The summed E-state index contributed by atoms with van der Waals surface area (Å²) in [5.74, 6) is 0.0242. The van der Waals surface area contributed by atoms with Crippen LogP contribution in [0.2, 0.25) is 0 Å². The highest BCUT2D eigenvalue weighted by molar-refractivity contribution is 8.05. The maximum atomic E-state index is 12.4. The standard InChI is InChI=1S/C22H20N2O2S/c1-2-14-7-10-16(11-8-14)23-22-24-21(26)20(27-22)13-18-17-6-4-3-5-15(17)9-12-19(18)25/h3-13,22-23,25H,2H2,1H3,(H,24,26)/b20-13+/t22-/m0/s1. The molecule has 1 heterocycles. The monoisotopic (exact) mass is 376 g/mol. The number of nitrogens with one attached hydrogen (secondary N) is 2. The van der Waals surface area contributed by atoms with Gasteiger partial charge in [0.25, 0.3) is 5.91 Å². The fourth-order valence-electron chi connectivity index (χ4n) is 3.12. The van der Waals surface area contributed by atoms with E-state index in [1.807, 2.05) is 42.5 Å². The number of anilines is 1. The number of carbonyl (C=O) groups is 1. The van der Waals surface area contributed by atoms with Crippen LogP contribution in [0.25, 0.3) is 16.8 Å². The van der Waals surface area contributed by atoms with Gasteiger partial charge in [-0.05, 0) is 47.0 Å². The number of amides is 1. The van der Waals surface area contributed by atoms with Crippen molar-refractivity contribution < 1.29 is 9.90 Å². The van der Waals surface area contributed by atoms with Gasteiger partial charge in [0.15, 0.2) is 5.50 Å². The first-order valence-corrected chi connectivity index (χ1v) is 9.77. The Labute approximate surface area is 162 Å². The van der Waals surface area contributed by atoms with Gasteiger partial charge in [-0.25, -0.2) is 0 Å². The van der Waals surface area contributed by atoms with E-state index in [1.165, 1.54) is 17.3 Å². The van der Waals surface area contributed by atoms with E-state index < -0.39 is 0 Å². The van der Waals surface area contributed by atoms with Crippen molar-refractivity contribution in [2.24, 2.45) is 0 Å².